The zero-order chi connectivity index (χ0) is 19.2. The fraction of sp³-hybridized carbons (Fsp3) is 0.190. The van der Waals surface area contributed by atoms with E-state index in [9.17, 15) is 9.59 Å². The average molecular weight is 363 g/mol. The molecule has 1 aromatic heterocycles. The number of nitrogens with one attached hydrogen (secondary N) is 1. The third-order valence-corrected chi connectivity index (χ3v) is 4.22. The van der Waals surface area contributed by atoms with Crippen LogP contribution in [0.4, 0.5) is 5.69 Å². The van der Waals surface area contributed by atoms with Crippen molar-refractivity contribution in [2.24, 2.45) is 7.05 Å². The SMILES string of the molecule is COc1ccc(CCC(=O)Nc2ccc(-c3ccc(=O)n(C)n3)cc2)cc1. The molecule has 0 saturated carbocycles. The van der Waals surface area contributed by atoms with Gasteiger partial charge in [-0.3, -0.25) is 9.59 Å². The van der Waals surface area contributed by atoms with Crippen LogP contribution in [0.15, 0.2) is 65.5 Å². The fourth-order valence-electron chi connectivity index (χ4n) is 2.65. The molecule has 0 bridgehead atoms. The first-order valence-electron chi connectivity index (χ1n) is 8.63. The Bertz CT molecular complexity index is 977. The normalized spacial score (nSPS) is 10.4. The molecule has 0 fully saturated rings. The maximum Gasteiger partial charge on any atom is 0.266 e. The summed E-state index contributed by atoms with van der Waals surface area (Å²) >= 11 is 0. The smallest absolute Gasteiger partial charge is 0.266 e. The number of nitrogens with zero attached hydrogens (tertiary/aromatic N) is 2. The standard InChI is InChI=1S/C21H21N3O3/c1-24-21(26)14-12-19(23-24)16-6-8-17(9-7-16)22-20(25)13-5-15-3-10-18(27-2)11-4-15/h3-4,6-12,14H,5,13H2,1-2H3,(H,22,25). The van der Waals surface area contributed by atoms with Crippen molar-refractivity contribution in [3.63, 3.8) is 0 Å². The van der Waals surface area contributed by atoms with Gasteiger partial charge >= 0.3 is 0 Å². The Kier molecular flexibility index (Phi) is 5.66. The minimum Gasteiger partial charge on any atom is -0.497 e. The Balaban J connectivity index is 1.57. The Morgan fingerprint density at radius 1 is 1.04 bits per heavy atom. The first-order valence-corrected chi connectivity index (χ1v) is 8.63. The van der Waals surface area contributed by atoms with Crippen LogP contribution in [0.1, 0.15) is 12.0 Å². The molecule has 6 heteroatoms. The topological polar surface area (TPSA) is 73.2 Å². The second-order valence-corrected chi connectivity index (χ2v) is 6.15. The van der Waals surface area contributed by atoms with Crippen LogP contribution in [0.25, 0.3) is 11.3 Å². The summed E-state index contributed by atoms with van der Waals surface area (Å²) in [7, 11) is 3.24. The third kappa shape index (κ3) is 4.82. The molecule has 0 saturated heterocycles. The van der Waals surface area contributed by atoms with Gasteiger partial charge in [-0.05, 0) is 42.3 Å². The van der Waals surface area contributed by atoms with Crippen molar-refractivity contribution in [1.82, 2.24) is 9.78 Å². The molecule has 1 amide bonds. The lowest BCUT2D eigenvalue weighted by molar-refractivity contribution is -0.116. The summed E-state index contributed by atoms with van der Waals surface area (Å²) in [6.07, 6.45) is 1.06. The van der Waals surface area contributed by atoms with E-state index in [1.165, 1.54) is 10.7 Å². The zero-order valence-corrected chi connectivity index (χ0v) is 15.3. The lowest BCUT2D eigenvalue weighted by Gasteiger charge is -2.07. The van der Waals surface area contributed by atoms with Crippen molar-refractivity contribution in [3.8, 4) is 17.0 Å². The Labute approximate surface area is 157 Å². The molecular formula is C21H21N3O3. The molecule has 0 aliphatic carbocycles. The Morgan fingerprint density at radius 3 is 2.37 bits per heavy atom. The van der Waals surface area contributed by atoms with Crippen LogP contribution in [-0.4, -0.2) is 22.8 Å². The summed E-state index contributed by atoms with van der Waals surface area (Å²) in [6.45, 7) is 0. The Hall–Kier alpha value is -3.41. The van der Waals surface area contributed by atoms with Crippen LogP contribution in [-0.2, 0) is 18.3 Å². The number of aromatic nitrogens is 2. The van der Waals surface area contributed by atoms with Crippen LogP contribution in [0, 0.1) is 0 Å². The molecule has 0 unspecified atom stereocenters. The number of aryl methyl sites for hydroxylation is 2. The number of benzene rings is 2. The van der Waals surface area contributed by atoms with E-state index in [4.69, 9.17) is 4.74 Å². The monoisotopic (exact) mass is 363 g/mol. The van der Waals surface area contributed by atoms with Gasteiger partial charge in [0.1, 0.15) is 5.75 Å². The maximum absolute atomic E-state index is 12.2. The van der Waals surface area contributed by atoms with E-state index in [0.717, 1.165) is 22.6 Å². The predicted molar refractivity (Wildman–Crippen MR) is 105 cm³/mol. The van der Waals surface area contributed by atoms with Crippen LogP contribution < -0.4 is 15.6 Å². The lowest BCUT2D eigenvalue weighted by atomic mass is 10.1. The summed E-state index contributed by atoms with van der Waals surface area (Å²) < 4.78 is 6.42. The molecule has 2 aromatic carbocycles. The van der Waals surface area contributed by atoms with Gasteiger partial charge in [-0.2, -0.15) is 5.10 Å². The van der Waals surface area contributed by atoms with E-state index in [0.29, 0.717) is 18.5 Å². The van der Waals surface area contributed by atoms with E-state index >= 15 is 0 Å². The molecule has 27 heavy (non-hydrogen) atoms. The molecule has 3 rings (SSSR count). The summed E-state index contributed by atoms with van der Waals surface area (Å²) in [5.74, 6) is 0.759. The van der Waals surface area contributed by atoms with Gasteiger partial charge in [-0.15, -0.1) is 0 Å². The third-order valence-electron chi connectivity index (χ3n) is 4.22. The van der Waals surface area contributed by atoms with Crippen molar-refractivity contribution >= 4 is 11.6 Å². The molecule has 3 aromatic rings. The highest BCUT2D eigenvalue weighted by molar-refractivity contribution is 5.91. The largest absolute Gasteiger partial charge is 0.497 e. The highest BCUT2D eigenvalue weighted by Crippen LogP contribution is 2.19. The number of methoxy groups -OCH3 is 1. The zero-order valence-electron chi connectivity index (χ0n) is 15.3. The number of amides is 1. The summed E-state index contributed by atoms with van der Waals surface area (Å²) in [6, 6.07) is 18.3. The molecule has 6 nitrogen and oxygen atoms in total. The number of rotatable bonds is 6. The molecule has 0 aliphatic rings. The van der Waals surface area contributed by atoms with Gasteiger partial charge in [0, 0.05) is 30.8 Å². The van der Waals surface area contributed by atoms with Gasteiger partial charge in [0.15, 0.2) is 0 Å². The van der Waals surface area contributed by atoms with Crippen LogP contribution in [0.2, 0.25) is 0 Å². The predicted octanol–water partition coefficient (Wildman–Crippen LogP) is 3.03. The van der Waals surface area contributed by atoms with E-state index in [-0.39, 0.29) is 11.5 Å². The number of hydrogen-bond donors (Lipinski definition) is 1. The van der Waals surface area contributed by atoms with Gasteiger partial charge in [0.2, 0.25) is 5.91 Å². The summed E-state index contributed by atoms with van der Waals surface area (Å²) in [5, 5.41) is 7.11. The average Bonchev–Trinajstić information content (AvgIpc) is 2.69. The number of hydrogen-bond acceptors (Lipinski definition) is 4. The minimum atomic E-state index is -0.153. The van der Waals surface area contributed by atoms with Crippen molar-refractivity contribution < 1.29 is 9.53 Å². The maximum atomic E-state index is 12.2. The van der Waals surface area contributed by atoms with E-state index in [1.807, 2.05) is 48.5 Å². The van der Waals surface area contributed by atoms with E-state index in [1.54, 1.807) is 20.2 Å². The molecule has 0 aliphatic heterocycles. The van der Waals surface area contributed by atoms with E-state index in [2.05, 4.69) is 10.4 Å². The number of carbonyl (C=O) groups is 1. The second kappa shape index (κ2) is 8.31. The van der Waals surface area contributed by atoms with Crippen LogP contribution >= 0.6 is 0 Å². The number of ether oxygens (including phenoxy) is 1. The van der Waals surface area contributed by atoms with Crippen molar-refractivity contribution in [3.05, 3.63) is 76.6 Å². The molecule has 0 spiro atoms. The van der Waals surface area contributed by atoms with Gasteiger partial charge in [-0.25, -0.2) is 4.68 Å². The second-order valence-electron chi connectivity index (χ2n) is 6.15. The van der Waals surface area contributed by atoms with Gasteiger partial charge < -0.3 is 10.1 Å². The van der Waals surface area contributed by atoms with Gasteiger partial charge in [0.05, 0.1) is 12.8 Å². The van der Waals surface area contributed by atoms with Gasteiger partial charge in [-0.1, -0.05) is 24.3 Å². The lowest BCUT2D eigenvalue weighted by Crippen LogP contribution is -2.18. The number of anilines is 1. The van der Waals surface area contributed by atoms with Crippen LogP contribution in [0.5, 0.6) is 5.75 Å². The minimum absolute atomic E-state index is 0.0428. The van der Waals surface area contributed by atoms with Crippen molar-refractivity contribution in [1.29, 1.82) is 0 Å². The van der Waals surface area contributed by atoms with Gasteiger partial charge in [0.25, 0.3) is 5.56 Å². The molecule has 0 atom stereocenters. The first-order chi connectivity index (χ1) is 13.0. The fourth-order valence-corrected chi connectivity index (χ4v) is 2.65. The molecule has 138 valence electrons. The first kappa shape index (κ1) is 18.4. The van der Waals surface area contributed by atoms with Crippen molar-refractivity contribution in [2.45, 2.75) is 12.8 Å². The number of carbonyl (C=O) groups excluding carboxylic acids is 1. The van der Waals surface area contributed by atoms with E-state index < -0.39 is 0 Å². The molecule has 1 heterocycles. The molecule has 1 N–H and O–H groups in total. The van der Waals surface area contributed by atoms with Crippen molar-refractivity contribution in [2.75, 3.05) is 12.4 Å². The van der Waals surface area contributed by atoms with Crippen LogP contribution in [0.3, 0.4) is 0 Å². The highest BCUT2D eigenvalue weighted by Gasteiger charge is 2.05. The highest BCUT2D eigenvalue weighted by atomic mass is 16.5. The quantitative estimate of drug-likeness (QED) is 0.731. The summed E-state index contributed by atoms with van der Waals surface area (Å²) in [5.41, 5.74) is 3.24. The Morgan fingerprint density at radius 2 is 1.74 bits per heavy atom. The molecule has 0 radical (unpaired) electrons. The molecular weight excluding hydrogens is 342 g/mol. The summed E-state index contributed by atoms with van der Waals surface area (Å²) in [4.78, 5) is 23.6.